The Labute approximate surface area is 182 Å². The van der Waals surface area contributed by atoms with Gasteiger partial charge in [-0.15, -0.1) is 0 Å². The van der Waals surface area contributed by atoms with Crippen LogP contribution in [0.15, 0.2) is 42.5 Å². The van der Waals surface area contributed by atoms with Crippen LogP contribution in [-0.4, -0.2) is 62.6 Å². The quantitative estimate of drug-likeness (QED) is 0.827. The number of hydrogen-bond donors (Lipinski definition) is 1. The smallest absolute Gasteiger partial charge is 0.254 e. The van der Waals surface area contributed by atoms with E-state index >= 15 is 0 Å². The third kappa shape index (κ3) is 3.69. The minimum Gasteiger partial charge on any atom is -0.497 e. The number of methoxy groups -OCH3 is 1. The van der Waals surface area contributed by atoms with Crippen LogP contribution in [0.1, 0.15) is 29.6 Å². The molecule has 0 saturated carbocycles. The molecule has 2 aromatic rings. The maximum absolute atomic E-state index is 13.1. The first kappa shape index (κ1) is 19.7. The Hall–Kier alpha value is -3.22. The molecular weight excluding hydrogens is 392 g/mol. The van der Waals surface area contributed by atoms with E-state index in [1.165, 1.54) is 0 Å². The molecule has 7 nitrogen and oxygen atoms in total. The number of amides is 2. The molecule has 5 rings (SSSR count). The van der Waals surface area contributed by atoms with Crippen molar-refractivity contribution in [1.82, 2.24) is 4.90 Å². The second-order valence-electron chi connectivity index (χ2n) is 8.40. The van der Waals surface area contributed by atoms with E-state index in [4.69, 9.17) is 4.74 Å². The number of piperazine rings is 1. The van der Waals surface area contributed by atoms with Gasteiger partial charge in [0.25, 0.3) is 5.91 Å². The molecule has 3 aliphatic rings. The van der Waals surface area contributed by atoms with Crippen molar-refractivity contribution in [3.8, 4) is 5.75 Å². The van der Waals surface area contributed by atoms with Gasteiger partial charge in [0.05, 0.1) is 18.5 Å². The van der Waals surface area contributed by atoms with Crippen LogP contribution in [0.2, 0.25) is 0 Å². The Morgan fingerprint density at radius 2 is 1.77 bits per heavy atom. The molecule has 3 aliphatic heterocycles. The average molecular weight is 421 g/mol. The summed E-state index contributed by atoms with van der Waals surface area (Å²) in [6.45, 7) is 3.81. The van der Waals surface area contributed by atoms with Gasteiger partial charge >= 0.3 is 0 Å². The summed E-state index contributed by atoms with van der Waals surface area (Å²) in [5.41, 5.74) is 3.56. The van der Waals surface area contributed by atoms with E-state index in [2.05, 4.69) is 27.2 Å². The van der Waals surface area contributed by atoms with Crippen molar-refractivity contribution in [3.63, 3.8) is 0 Å². The van der Waals surface area contributed by atoms with Gasteiger partial charge in [0, 0.05) is 44.0 Å². The Kier molecular flexibility index (Phi) is 5.18. The summed E-state index contributed by atoms with van der Waals surface area (Å²) in [5.74, 6) is 0.907. The number of nitrogens with one attached hydrogen (secondary N) is 1. The van der Waals surface area contributed by atoms with Crippen molar-refractivity contribution in [3.05, 3.63) is 48.0 Å². The number of anilines is 3. The highest BCUT2D eigenvalue weighted by molar-refractivity contribution is 6.05. The van der Waals surface area contributed by atoms with Crippen LogP contribution >= 0.6 is 0 Å². The highest BCUT2D eigenvalue weighted by Crippen LogP contribution is 2.36. The highest BCUT2D eigenvalue weighted by atomic mass is 16.5. The van der Waals surface area contributed by atoms with Crippen molar-refractivity contribution < 1.29 is 14.3 Å². The lowest BCUT2D eigenvalue weighted by Crippen LogP contribution is -2.50. The monoisotopic (exact) mass is 420 g/mol. The molecule has 0 aliphatic carbocycles. The first-order chi connectivity index (χ1) is 15.1. The van der Waals surface area contributed by atoms with Gasteiger partial charge in [-0.05, 0) is 61.7 Å². The van der Waals surface area contributed by atoms with Gasteiger partial charge in [-0.25, -0.2) is 0 Å². The number of hydrogen-bond acceptors (Lipinski definition) is 5. The Morgan fingerprint density at radius 3 is 2.52 bits per heavy atom. The van der Waals surface area contributed by atoms with E-state index in [0.29, 0.717) is 18.7 Å². The van der Waals surface area contributed by atoms with Gasteiger partial charge in [0.1, 0.15) is 11.8 Å². The zero-order valence-corrected chi connectivity index (χ0v) is 17.8. The van der Waals surface area contributed by atoms with Crippen LogP contribution in [0.3, 0.4) is 0 Å². The SMILES string of the molecule is COc1ccc(N2CCN(C(=O)c3ccc4c(c3)NC(=O)[C@H]3CCCCN43)CC2)cc1. The zero-order valence-electron chi connectivity index (χ0n) is 17.8. The van der Waals surface area contributed by atoms with E-state index in [1.807, 2.05) is 35.2 Å². The highest BCUT2D eigenvalue weighted by Gasteiger charge is 2.35. The molecule has 2 aromatic carbocycles. The summed E-state index contributed by atoms with van der Waals surface area (Å²) in [4.78, 5) is 32.0. The molecule has 2 fully saturated rings. The third-order valence-electron chi connectivity index (χ3n) is 6.62. The van der Waals surface area contributed by atoms with Gasteiger partial charge in [0.2, 0.25) is 5.91 Å². The van der Waals surface area contributed by atoms with E-state index in [1.54, 1.807) is 7.11 Å². The van der Waals surface area contributed by atoms with Gasteiger partial charge in [-0.1, -0.05) is 0 Å². The predicted octanol–water partition coefficient (Wildman–Crippen LogP) is 2.97. The summed E-state index contributed by atoms with van der Waals surface area (Å²) in [6, 6.07) is 13.7. The standard InChI is InChI=1S/C24H28N4O3/c1-31-19-8-6-18(7-9-19)26-12-14-27(15-13-26)24(30)17-5-10-21-20(16-17)25-23(29)22-4-2-3-11-28(21)22/h5-10,16,22H,2-4,11-15H2,1H3,(H,25,29)/t22-/m1/s1. The van der Waals surface area contributed by atoms with Gasteiger partial charge in [-0.2, -0.15) is 0 Å². The Bertz CT molecular complexity index is 983. The average Bonchev–Trinajstić information content (AvgIpc) is 2.83. The molecule has 2 amide bonds. The number of carbonyl (C=O) groups is 2. The number of rotatable bonds is 3. The molecule has 31 heavy (non-hydrogen) atoms. The molecule has 0 radical (unpaired) electrons. The van der Waals surface area contributed by atoms with Crippen molar-refractivity contribution >= 4 is 28.9 Å². The van der Waals surface area contributed by atoms with E-state index < -0.39 is 0 Å². The first-order valence-electron chi connectivity index (χ1n) is 11.0. The van der Waals surface area contributed by atoms with Crippen molar-refractivity contribution in [2.45, 2.75) is 25.3 Å². The number of benzene rings is 2. The minimum atomic E-state index is -0.0752. The van der Waals surface area contributed by atoms with Gasteiger partial charge in [0.15, 0.2) is 0 Å². The van der Waals surface area contributed by atoms with Crippen molar-refractivity contribution in [1.29, 1.82) is 0 Å². The predicted molar refractivity (Wildman–Crippen MR) is 121 cm³/mol. The maximum Gasteiger partial charge on any atom is 0.254 e. The minimum absolute atomic E-state index is 0.0206. The Balaban J connectivity index is 1.27. The van der Waals surface area contributed by atoms with Crippen LogP contribution < -0.4 is 19.9 Å². The van der Waals surface area contributed by atoms with Gasteiger partial charge < -0.3 is 24.8 Å². The third-order valence-corrected chi connectivity index (χ3v) is 6.62. The molecule has 2 saturated heterocycles. The maximum atomic E-state index is 13.1. The van der Waals surface area contributed by atoms with Crippen LogP contribution in [0.5, 0.6) is 5.75 Å². The number of carbonyl (C=O) groups excluding carboxylic acids is 2. The molecule has 0 unspecified atom stereocenters. The molecule has 3 heterocycles. The normalized spacial score (nSPS) is 20.6. The van der Waals surface area contributed by atoms with Crippen LogP contribution in [0.25, 0.3) is 0 Å². The number of nitrogens with zero attached hydrogens (tertiary/aromatic N) is 3. The summed E-state index contributed by atoms with van der Waals surface area (Å²) in [6.07, 6.45) is 3.08. The van der Waals surface area contributed by atoms with E-state index in [9.17, 15) is 9.59 Å². The first-order valence-corrected chi connectivity index (χ1v) is 11.0. The second-order valence-corrected chi connectivity index (χ2v) is 8.40. The number of ether oxygens (including phenoxy) is 1. The summed E-state index contributed by atoms with van der Waals surface area (Å²) in [7, 11) is 1.66. The molecule has 0 spiro atoms. The molecule has 7 heteroatoms. The fourth-order valence-corrected chi connectivity index (χ4v) is 4.87. The van der Waals surface area contributed by atoms with E-state index in [-0.39, 0.29) is 17.9 Å². The summed E-state index contributed by atoms with van der Waals surface area (Å²) in [5, 5.41) is 3.03. The molecule has 162 valence electrons. The van der Waals surface area contributed by atoms with Crippen LogP contribution in [-0.2, 0) is 4.79 Å². The van der Waals surface area contributed by atoms with Crippen LogP contribution in [0.4, 0.5) is 17.1 Å². The van der Waals surface area contributed by atoms with Gasteiger partial charge in [-0.3, -0.25) is 9.59 Å². The topological polar surface area (TPSA) is 65.1 Å². The molecule has 1 N–H and O–H groups in total. The van der Waals surface area contributed by atoms with Crippen molar-refractivity contribution in [2.75, 3.05) is 55.0 Å². The molecular formula is C24H28N4O3. The lowest BCUT2D eigenvalue weighted by atomic mass is 9.96. The Morgan fingerprint density at radius 1 is 1.00 bits per heavy atom. The fraction of sp³-hybridized carbons (Fsp3) is 0.417. The zero-order chi connectivity index (χ0) is 21.4. The second kappa shape index (κ2) is 8.13. The van der Waals surface area contributed by atoms with Crippen molar-refractivity contribution in [2.24, 2.45) is 0 Å². The largest absolute Gasteiger partial charge is 0.497 e. The molecule has 0 bridgehead atoms. The molecule has 0 aromatic heterocycles. The summed E-state index contributed by atoms with van der Waals surface area (Å²) < 4.78 is 5.23. The fourth-order valence-electron chi connectivity index (χ4n) is 4.87. The van der Waals surface area contributed by atoms with E-state index in [0.717, 1.165) is 61.7 Å². The van der Waals surface area contributed by atoms with Crippen LogP contribution in [0, 0.1) is 0 Å². The summed E-state index contributed by atoms with van der Waals surface area (Å²) >= 11 is 0. The lowest BCUT2D eigenvalue weighted by molar-refractivity contribution is -0.118. The number of fused-ring (bicyclic) bond motifs is 3. The molecule has 1 atom stereocenters. The lowest BCUT2D eigenvalue weighted by Gasteiger charge is -2.41. The number of piperidine rings is 1.